The van der Waals surface area contributed by atoms with Crippen LogP contribution in [0.1, 0.15) is 29.2 Å². The van der Waals surface area contributed by atoms with Crippen LogP contribution >= 0.6 is 0 Å². The quantitative estimate of drug-likeness (QED) is 0.122. The fraction of sp³-hybridized carbons (Fsp3) is 0.118. The van der Waals surface area contributed by atoms with Gasteiger partial charge in [0, 0.05) is 35.3 Å². The van der Waals surface area contributed by atoms with E-state index in [4.69, 9.17) is 5.10 Å². The molecule has 2 aromatic heterocycles. The van der Waals surface area contributed by atoms with Crippen LogP contribution < -0.4 is 5.32 Å². The third-order valence-corrected chi connectivity index (χ3v) is 7.48. The summed E-state index contributed by atoms with van der Waals surface area (Å²) in [5.41, 5.74) is 5.08. The van der Waals surface area contributed by atoms with Crippen molar-refractivity contribution in [2.24, 2.45) is 0 Å². The predicted octanol–water partition coefficient (Wildman–Crippen LogP) is 7.59. The molecule has 7 nitrogen and oxygen atoms in total. The minimum atomic E-state index is -0.875. The number of nitrogens with one attached hydrogen (secondary N) is 1. The summed E-state index contributed by atoms with van der Waals surface area (Å²) in [6.45, 7) is 4.51. The van der Waals surface area contributed by atoms with Crippen molar-refractivity contribution < 1.29 is 4.92 Å². The summed E-state index contributed by atoms with van der Waals surface area (Å²) < 4.78 is 2.04. The van der Waals surface area contributed by atoms with Crippen molar-refractivity contribution in [1.29, 1.82) is 0 Å². The molecule has 202 valence electrons. The number of hydrogen-bond donors (Lipinski definition) is 1. The number of nitrogens with zero attached hydrogens (tertiary/aromatic N) is 4. The summed E-state index contributed by atoms with van der Waals surface area (Å²) in [5.74, 6) is 0.717. The first-order valence-electron chi connectivity index (χ1n) is 13.6. The van der Waals surface area contributed by atoms with Gasteiger partial charge in [-0.3, -0.25) is 10.1 Å². The van der Waals surface area contributed by atoms with Crippen molar-refractivity contribution in [2.75, 3.05) is 11.9 Å². The molecule has 0 spiro atoms. The number of anilines is 1. The smallest absolute Gasteiger partial charge is 0.273 e. The number of nitro benzene ring substituents is 1. The summed E-state index contributed by atoms with van der Waals surface area (Å²) in [5, 5.41) is 21.4. The lowest BCUT2D eigenvalue weighted by atomic mass is 9.77. The first kappa shape index (κ1) is 26.0. The number of hydrogen-bond acceptors (Lipinski definition) is 5. The number of rotatable bonds is 8. The zero-order chi connectivity index (χ0) is 28.4. The summed E-state index contributed by atoms with van der Waals surface area (Å²) in [7, 11) is 0. The standard InChI is InChI=1S/C34H29N5O2/c1-3-35-32-22-25(19-20-36-32)33-29-23-30(39(40)41)24(2)21-31(29)38(37-33)34(26-13-7-4-8-14-26,27-15-9-5-10-16-27)28-17-11-6-12-18-28/h4-23H,3H2,1-2H3,(H,35,36). The van der Waals surface area contributed by atoms with E-state index in [9.17, 15) is 10.1 Å². The van der Waals surface area contributed by atoms with Crippen LogP contribution in [0.25, 0.3) is 22.2 Å². The van der Waals surface area contributed by atoms with Crippen molar-refractivity contribution in [2.45, 2.75) is 19.4 Å². The van der Waals surface area contributed by atoms with Crippen LogP contribution in [0.3, 0.4) is 0 Å². The second kappa shape index (κ2) is 10.7. The SMILES string of the molecule is CCNc1cc(-c2nn(C(c3ccccc3)(c3ccccc3)c3ccccc3)c3cc(C)c([N+](=O)[O-])cc23)ccn1. The average Bonchev–Trinajstić information content (AvgIpc) is 3.37. The molecule has 0 unspecified atom stereocenters. The second-order valence-corrected chi connectivity index (χ2v) is 9.94. The molecular weight excluding hydrogens is 510 g/mol. The van der Waals surface area contributed by atoms with Crippen molar-refractivity contribution >= 4 is 22.4 Å². The molecule has 7 heteroatoms. The highest BCUT2D eigenvalue weighted by molar-refractivity contribution is 5.96. The van der Waals surface area contributed by atoms with E-state index >= 15 is 0 Å². The van der Waals surface area contributed by atoms with Gasteiger partial charge in [-0.05, 0) is 48.7 Å². The lowest BCUT2D eigenvalue weighted by molar-refractivity contribution is -0.385. The molecule has 4 aromatic carbocycles. The predicted molar refractivity (Wildman–Crippen MR) is 163 cm³/mol. The molecule has 0 aliphatic carbocycles. The number of nitro groups is 1. The van der Waals surface area contributed by atoms with E-state index in [1.807, 2.05) is 84.4 Å². The average molecular weight is 540 g/mol. The summed E-state index contributed by atoms with van der Waals surface area (Å²) in [4.78, 5) is 16.2. The molecule has 6 rings (SSSR count). The zero-order valence-corrected chi connectivity index (χ0v) is 22.9. The number of aromatic nitrogens is 3. The Hall–Kier alpha value is -5.30. The Labute approximate surface area is 238 Å². The fourth-order valence-corrected chi connectivity index (χ4v) is 5.68. The van der Waals surface area contributed by atoms with E-state index in [1.54, 1.807) is 19.2 Å². The molecule has 0 aliphatic rings. The Kier molecular flexibility index (Phi) is 6.77. The largest absolute Gasteiger partial charge is 0.370 e. The molecule has 41 heavy (non-hydrogen) atoms. The monoisotopic (exact) mass is 539 g/mol. The van der Waals surface area contributed by atoms with Crippen LogP contribution in [0.2, 0.25) is 0 Å². The molecule has 0 bridgehead atoms. The maximum atomic E-state index is 12.1. The van der Waals surface area contributed by atoms with Gasteiger partial charge in [-0.2, -0.15) is 5.10 Å². The molecule has 0 fully saturated rings. The summed E-state index contributed by atoms with van der Waals surface area (Å²) in [6, 6.07) is 38.3. The maximum absolute atomic E-state index is 12.1. The first-order valence-corrected chi connectivity index (χ1v) is 13.6. The number of fused-ring (bicyclic) bond motifs is 1. The number of pyridine rings is 1. The van der Waals surface area contributed by atoms with Crippen molar-refractivity contribution in [3.8, 4) is 11.3 Å². The molecule has 0 amide bonds. The van der Waals surface area contributed by atoms with Crippen molar-refractivity contribution in [1.82, 2.24) is 14.8 Å². The van der Waals surface area contributed by atoms with E-state index in [2.05, 4.69) is 46.7 Å². The highest BCUT2D eigenvalue weighted by atomic mass is 16.6. The van der Waals surface area contributed by atoms with Gasteiger partial charge in [0.15, 0.2) is 0 Å². The molecule has 2 heterocycles. The zero-order valence-electron chi connectivity index (χ0n) is 22.9. The van der Waals surface area contributed by atoms with Crippen LogP contribution in [0.5, 0.6) is 0 Å². The van der Waals surface area contributed by atoms with Crippen LogP contribution in [0.15, 0.2) is 121 Å². The Morgan fingerprint density at radius 2 is 1.39 bits per heavy atom. The van der Waals surface area contributed by atoms with E-state index in [0.29, 0.717) is 16.6 Å². The third kappa shape index (κ3) is 4.41. The van der Waals surface area contributed by atoms with Gasteiger partial charge in [0.2, 0.25) is 0 Å². The van der Waals surface area contributed by atoms with Gasteiger partial charge in [0.1, 0.15) is 17.1 Å². The number of benzene rings is 4. The van der Waals surface area contributed by atoms with Gasteiger partial charge in [-0.25, -0.2) is 9.67 Å². The highest BCUT2D eigenvalue weighted by Crippen LogP contribution is 2.45. The van der Waals surface area contributed by atoms with Gasteiger partial charge < -0.3 is 5.32 Å². The topological polar surface area (TPSA) is 85.9 Å². The molecule has 0 radical (unpaired) electrons. The van der Waals surface area contributed by atoms with Crippen molar-refractivity contribution in [3.63, 3.8) is 0 Å². The first-order chi connectivity index (χ1) is 20.0. The third-order valence-electron chi connectivity index (χ3n) is 7.48. The molecule has 0 saturated carbocycles. The maximum Gasteiger partial charge on any atom is 0.273 e. The van der Waals surface area contributed by atoms with Gasteiger partial charge in [-0.15, -0.1) is 0 Å². The molecule has 0 atom stereocenters. The van der Waals surface area contributed by atoms with E-state index < -0.39 is 5.54 Å². The summed E-state index contributed by atoms with van der Waals surface area (Å²) in [6.07, 6.45) is 1.74. The van der Waals surface area contributed by atoms with Crippen molar-refractivity contribution in [3.05, 3.63) is 154 Å². The minimum absolute atomic E-state index is 0.0593. The highest BCUT2D eigenvalue weighted by Gasteiger charge is 2.41. The molecule has 1 N–H and O–H groups in total. The van der Waals surface area contributed by atoms with Gasteiger partial charge in [0.05, 0.1) is 10.4 Å². The molecule has 0 aliphatic heterocycles. The Balaban J connectivity index is 1.79. The molecule has 6 aromatic rings. The van der Waals surface area contributed by atoms with Crippen LogP contribution in [-0.2, 0) is 5.54 Å². The Morgan fingerprint density at radius 1 is 0.829 bits per heavy atom. The Morgan fingerprint density at radius 3 is 1.90 bits per heavy atom. The van der Waals surface area contributed by atoms with Gasteiger partial charge in [0.25, 0.3) is 5.69 Å². The van der Waals surface area contributed by atoms with E-state index in [1.165, 1.54) is 0 Å². The van der Waals surface area contributed by atoms with E-state index in [0.717, 1.165) is 40.1 Å². The normalized spacial score (nSPS) is 11.5. The number of aryl methyl sites for hydroxylation is 1. The Bertz CT molecular complexity index is 1740. The molecule has 0 saturated heterocycles. The van der Waals surface area contributed by atoms with Crippen LogP contribution in [-0.4, -0.2) is 26.2 Å². The lowest BCUT2D eigenvalue weighted by Gasteiger charge is -2.37. The van der Waals surface area contributed by atoms with Crippen LogP contribution in [0, 0.1) is 17.0 Å². The minimum Gasteiger partial charge on any atom is -0.370 e. The fourth-order valence-electron chi connectivity index (χ4n) is 5.68. The molecular formula is C34H29N5O2. The summed E-state index contributed by atoms with van der Waals surface area (Å²) >= 11 is 0. The van der Waals surface area contributed by atoms with Gasteiger partial charge >= 0.3 is 0 Å². The second-order valence-electron chi connectivity index (χ2n) is 9.94. The van der Waals surface area contributed by atoms with Crippen LogP contribution in [0.4, 0.5) is 11.5 Å². The van der Waals surface area contributed by atoms with E-state index in [-0.39, 0.29) is 10.6 Å². The van der Waals surface area contributed by atoms with Gasteiger partial charge in [-0.1, -0.05) is 91.0 Å². The lowest BCUT2D eigenvalue weighted by Crippen LogP contribution is -2.38.